The lowest BCUT2D eigenvalue weighted by molar-refractivity contribution is -0.301. The summed E-state index contributed by atoms with van der Waals surface area (Å²) >= 11 is 1.19. The number of para-hydroxylation sites is 2. The summed E-state index contributed by atoms with van der Waals surface area (Å²) in [6.07, 6.45) is 3.51. The van der Waals surface area contributed by atoms with Crippen molar-refractivity contribution in [2.75, 3.05) is 23.7 Å². The first-order valence-electron chi connectivity index (χ1n) is 7.08. The quantitative estimate of drug-likeness (QED) is 0.797. The van der Waals surface area contributed by atoms with Gasteiger partial charge in [0, 0.05) is 18.8 Å². The Morgan fingerprint density at radius 2 is 1.81 bits per heavy atom. The summed E-state index contributed by atoms with van der Waals surface area (Å²) in [5.41, 5.74) is 1.63. The number of anilines is 1. The number of nitrogens with zero attached hydrogens (tertiary/aromatic N) is 3. The first-order valence-corrected chi connectivity index (χ1v) is 8.07. The number of rotatable bonds is 4. The standard InChI is InChI=1S/C15H17N3O2S/c19-13(20)10-21-15-14(18-8-4-1-5-9-18)16-11-6-2-3-7-12(11)17-15/h2-3,6-7H,1,4-5,8-10H2,(H,19,20)/p-1. The monoisotopic (exact) mass is 302 g/mol. The van der Waals surface area contributed by atoms with Gasteiger partial charge in [-0.3, -0.25) is 0 Å². The van der Waals surface area contributed by atoms with Gasteiger partial charge in [0.2, 0.25) is 0 Å². The molecule has 1 aliphatic heterocycles. The lowest BCUT2D eigenvalue weighted by atomic mass is 10.1. The van der Waals surface area contributed by atoms with E-state index in [9.17, 15) is 9.90 Å². The molecule has 0 bridgehead atoms. The van der Waals surface area contributed by atoms with Gasteiger partial charge in [-0.2, -0.15) is 0 Å². The molecule has 0 spiro atoms. The third-order valence-corrected chi connectivity index (χ3v) is 4.43. The number of carbonyl (C=O) groups excluding carboxylic acids is 1. The molecule has 0 N–H and O–H groups in total. The van der Waals surface area contributed by atoms with Crippen molar-refractivity contribution in [3.63, 3.8) is 0 Å². The van der Waals surface area contributed by atoms with Gasteiger partial charge in [-0.25, -0.2) is 9.97 Å². The first-order chi connectivity index (χ1) is 10.2. The van der Waals surface area contributed by atoms with Gasteiger partial charge >= 0.3 is 0 Å². The highest BCUT2D eigenvalue weighted by Crippen LogP contribution is 2.30. The molecule has 3 rings (SSSR count). The second-order valence-electron chi connectivity index (χ2n) is 5.05. The number of aromatic nitrogens is 2. The van der Waals surface area contributed by atoms with Crippen molar-refractivity contribution in [3.05, 3.63) is 24.3 Å². The Bertz CT molecular complexity index is 656. The Labute approximate surface area is 127 Å². The molecule has 1 aromatic heterocycles. The highest BCUT2D eigenvalue weighted by molar-refractivity contribution is 8.00. The van der Waals surface area contributed by atoms with Crippen LogP contribution in [-0.4, -0.2) is 34.8 Å². The maximum absolute atomic E-state index is 10.7. The van der Waals surface area contributed by atoms with Crippen LogP contribution >= 0.6 is 11.8 Å². The molecular weight excluding hydrogens is 286 g/mol. The summed E-state index contributed by atoms with van der Waals surface area (Å²) in [5, 5.41) is 11.4. The molecule has 1 saturated heterocycles. The lowest BCUT2D eigenvalue weighted by Gasteiger charge is -2.29. The number of carboxylic acids is 1. The van der Waals surface area contributed by atoms with Crippen LogP contribution in [0.25, 0.3) is 11.0 Å². The van der Waals surface area contributed by atoms with Crippen molar-refractivity contribution in [3.8, 4) is 0 Å². The fourth-order valence-electron chi connectivity index (χ4n) is 2.51. The fraction of sp³-hybridized carbons (Fsp3) is 0.400. The summed E-state index contributed by atoms with van der Waals surface area (Å²) in [4.78, 5) is 22.2. The van der Waals surface area contributed by atoms with Gasteiger partial charge in [-0.1, -0.05) is 23.9 Å². The highest BCUT2D eigenvalue weighted by atomic mass is 32.2. The Morgan fingerprint density at radius 3 is 2.48 bits per heavy atom. The van der Waals surface area contributed by atoms with E-state index in [1.165, 1.54) is 18.2 Å². The number of aliphatic carboxylic acids is 1. The molecule has 0 unspecified atom stereocenters. The summed E-state index contributed by atoms with van der Waals surface area (Å²) in [5.74, 6) is -0.382. The minimum absolute atomic E-state index is 0.103. The third kappa shape index (κ3) is 3.26. The van der Waals surface area contributed by atoms with Gasteiger partial charge < -0.3 is 14.8 Å². The van der Waals surface area contributed by atoms with E-state index < -0.39 is 5.97 Å². The largest absolute Gasteiger partial charge is 0.549 e. The van der Waals surface area contributed by atoms with Crippen LogP contribution in [0.4, 0.5) is 5.82 Å². The van der Waals surface area contributed by atoms with Gasteiger partial charge in [-0.05, 0) is 31.4 Å². The summed E-state index contributed by atoms with van der Waals surface area (Å²) in [7, 11) is 0. The second kappa shape index (κ2) is 6.30. The molecule has 1 aromatic carbocycles. The van der Waals surface area contributed by atoms with Gasteiger partial charge in [0.15, 0.2) is 5.82 Å². The first kappa shape index (κ1) is 14.1. The number of benzene rings is 1. The maximum Gasteiger partial charge on any atom is 0.161 e. The van der Waals surface area contributed by atoms with Crippen LogP contribution in [0.2, 0.25) is 0 Å². The van der Waals surface area contributed by atoms with Gasteiger partial charge in [-0.15, -0.1) is 0 Å². The molecule has 0 aliphatic carbocycles. The van der Waals surface area contributed by atoms with Crippen LogP contribution < -0.4 is 10.0 Å². The average Bonchev–Trinajstić information content (AvgIpc) is 2.53. The van der Waals surface area contributed by atoms with Crippen LogP contribution in [0.15, 0.2) is 29.3 Å². The molecule has 2 heterocycles. The number of carboxylic acid groups (broad SMARTS) is 1. The molecule has 0 atom stereocenters. The molecule has 21 heavy (non-hydrogen) atoms. The van der Waals surface area contributed by atoms with Gasteiger partial charge in [0.25, 0.3) is 0 Å². The zero-order valence-electron chi connectivity index (χ0n) is 11.6. The van der Waals surface area contributed by atoms with E-state index in [0.29, 0.717) is 5.03 Å². The fourth-order valence-corrected chi connectivity index (χ4v) is 3.23. The zero-order valence-corrected chi connectivity index (χ0v) is 12.4. The van der Waals surface area contributed by atoms with Crippen molar-refractivity contribution in [2.45, 2.75) is 24.3 Å². The normalized spacial score (nSPS) is 15.3. The predicted octanol–water partition coefficient (Wildman–Crippen LogP) is 1.46. The smallest absolute Gasteiger partial charge is 0.161 e. The molecule has 5 nitrogen and oxygen atoms in total. The molecule has 2 aromatic rings. The highest BCUT2D eigenvalue weighted by Gasteiger charge is 2.18. The number of piperidine rings is 1. The van der Waals surface area contributed by atoms with E-state index in [0.717, 1.165) is 42.8 Å². The van der Waals surface area contributed by atoms with Gasteiger partial charge in [0.05, 0.1) is 17.0 Å². The van der Waals surface area contributed by atoms with E-state index in [2.05, 4.69) is 9.88 Å². The SMILES string of the molecule is O=C([O-])CSc1nc2ccccc2nc1N1CCCCC1. The van der Waals surface area contributed by atoms with E-state index in [1.807, 2.05) is 24.3 Å². The van der Waals surface area contributed by atoms with Crippen LogP contribution in [0.3, 0.4) is 0 Å². The van der Waals surface area contributed by atoms with Crippen molar-refractivity contribution in [1.29, 1.82) is 0 Å². The Morgan fingerprint density at radius 1 is 1.14 bits per heavy atom. The number of thioether (sulfide) groups is 1. The van der Waals surface area contributed by atoms with Crippen molar-refractivity contribution < 1.29 is 9.90 Å². The summed E-state index contributed by atoms with van der Waals surface area (Å²) in [6, 6.07) is 7.67. The Kier molecular flexibility index (Phi) is 4.24. The van der Waals surface area contributed by atoms with E-state index >= 15 is 0 Å². The van der Waals surface area contributed by atoms with Crippen molar-refractivity contribution >= 4 is 34.6 Å². The maximum atomic E-state index is 10.7. The Hall–Kier alpha value is -1.82. The number of hydrogen-bond donors (Lipinski definition) is 0. The van der Waals surface area contributed by atoms with Crippen LogP contribution in [0.5, 0.6) is 0 Å². The Balaban J connectivity index is 2.00. The van der Waals surface area contributed by atoms with Crippen LogP contribution in [0.1, 0.15) is 19.3 Å². The molecule has 0 amide bonds. The topological polar surface area (TPSA) is 69.1 Å². The number of fused-ring (bicyclic) bond motifs is 1. The summed E-state index contributed by atoms with van der Waals surface area (Å²) in [6.45, 7) is 1.90. The summed E-state index contributed by atoms with van der Waals surface area (Å²) < 4.78 is 0. The minimum atomic E-state index is -1.08. The van der Waals surface area contributed by atoms with E-state index in [-0.39, 0.29) is 5.75 Å². The molecule has 0 radical (unpaired) electrons. The van der Waals surface area contributed by atoms with Crippen LogP contribution in [-0.2, 0) is 4.79 Å². The molecule has 1 fully saturated rings. The van der Waals surface area contributed by atoms with E-state index in [4.69, 9.17) is 4.98 Å². The van der Waals surface area contributed by atoms with Crippen LogP contribution in [0, 0.1) is 0 Å². The number of hydrogen-bond acceptors (Lipinski definition) is 6. The molecule has 110 valence electrons. The predicted molar refractivity (Wildman–Crippen MR) is 81.3 cm³/mol. The van der Waals surface area contributed by atoms with E-state index in [1.54, 1.807) is 0 Å². The third-order valence-electron chi connectivity index (χ3n) is 3.50. The zero-order chi connectivity index (χ0) is 14.7. The average molecular weight is 302 g/mol. The molecule has 0 saturated carbocycles. The number of carbonyl (C=O) groups is 1. The molecule has 6 heteroatoms. The van der Waals surface area contributed by atoms with Crippen molar-refractivity contribution in [2.24, 2.45) is 0 Å². The molecular formula is C15H16N3O2S-. The van der Waals surface area contributed by atoms with Gasteiger partial charge in [0.1, 0.15) is 5.03 Å². The van der Waals surface area contributed by atoms with Crippen molar-refractivity contribution in [1.82, 2.24) is 9.97 Å². The lowest BCUT2D eigenvalue weighted by Crippen LogP contribution is -2.31. The second-order valence-corrected chi connectivity index (χ2v) is 6.01. The minimum Gasteiger partial charge on any atom is -0.549 e. The molecule has 1 aliphatic rings.